The van der Waals surface area contributed by atoms with E-state index in [1.165, 1.54) is 5.56 Å². The molecule has 0 amide bonds. The maximum absolute atomic E-state index is 6.09. The molecule has 0 radical (unpaired) electrons. The van der Waals surface area contributed by atoms with Crippen LogP contribution in [-0.2, 0) is 22.6 Å². The minimum Gasteiger partial charge on any atom is -0.494 e. The van der Waals surface area contributed by atoms with Crippen molar-refractivity contribution >= 4 is 11.6 Å². The second kappa shape index (κ2) is 12.4. The van der Waals surface area contributed by atoms with Gasteiger partial charge in [-0.15, -0.1) is 0 Å². The van der Waals surface area contributed by atoms with E-state index >= 15 is 0 Å². The predicted molar refractivity (Wildman–Crippen MR) is 136 cm³/mol. The summed E-state index contributed by atoms with van der Waals surface area (Å²) < 4.78 is 25.9. The molecule has 1 fully saturated rings. The predicted octanol–water partition coefficient (Wildman–Crippen LogP) is 4.61. The normalized spacial score (nSPS) is 18.8. The highest BCUT2D eigenvalue weighted by Gasteiger charge is 2.36. The molecule has 0 bridgehead atoms. The molecule has 7 nitrogen and oxygen atoms in total. The average Bonchev–Trinajstić information content (AvgIpc) is 3.16. The van der Waals surface area contributed by atoms with Gasteiger partial charge in [0.1, 0.15) is 29.5 Å². The lowest BCUT2D eigenvalue weighted by Crippen LogP contribution is -2.50. The van der Waals surface area contributed by atoms with Gasteiger partial charge in [-0.3, -0.25) is 4.90 Å². The number of hydrogen-bond acceptors (Lipinski definition) is 6. The molecule has 4 rings (SSSR count). The number of aryl methyl sites for hydroxylation is 2. The van der Waals surface area contributed by atoms with Crippen LogP contribution in [0, 0.1) is 6.92 Å². The maximum Gasteiger partial charge on any atom is 0.137 e. The van der Waals surface area contributed by atoms with E-state index in [0.717, 1.165) is 43.4 Å². The fourth-order valence-corrected chi connectivity index (χ4v) is 4.35. The Hall–Kier alpha value is -2.58. The van der Waals surface area contributed by atoms with Crippen molar-refractivity contribution in [2.45, 2.75) is 32.0 Å². The van der Waals surface area contributed by atoms with Crippen LogP contribution in [0.4, 0.5) is 0 Å². The van der Waals surface area contributed by atoms with Crippen LogP contribution in [0.15, 0.2) is 60.9 Å². The summed E-state index contributed by atoms with van der Waals surface area (Å²) >= 11 is 6.09. The Kier molecular flexibility index (Phi) is 9.04. The first-order valence-electron chi connectivity index (χ1n) is 12.0. The summed E-state index contributed by atoms with van der Waals surface area (Å²) in [5.41, 5.74) is 0.657. The van der Waals surface area contributed by atoms with Crippen molar-refractivity contribution in [3.05, 3.63) is 77.3 Å². The topological polar surface area (TPSA) is 58.0 Å². The zero-order valence-electron chi connectivity index (χ0n) is 20.5. The van der Waals surface area contributed by atoms with E-state index in [-0.39, 0.29) is 0 Å². The van der Waals surface area contributed by atoms with Crippen LogP contribution >= 0.6 is 11.6 Å². The van der Waals surface area contributed by atoms with E-state index in [1.54, 1.807) is 7.11 Å². The van der Waals surface area contributed by atoms with Gasteiger partial charge in [-0.2, -0.15) is 0 Å². The molecule has 2 heterocycles. The monoisotopic (exact) mass is 499 g/mol. The van der Waals surface area contributed by atoms with Crippen molar-refractivity contribution in [1.82, 2.24) is 14.5 Å². The molecule has 1 aromatic heterocycles. The summed E-state index contributed by atoms with van der Waals surface area (Å²) in [6, 6.07) is 15.7. The number of hydrogen-bond donors (Lipinski definition) is 0. The molecule has 0 N–H and O–H groups in total. The molecular weight excluding hydrogens is 466 g/mol. The van der Waals surface area contributed by atoms with Gasteiger partial charge in [0.15, 0.2) is 0 Å². The number of benzene rings is 2. The van der Waals surface area contributed by atoms with Gasteiger partial charge in [-0.1, -0.05) is 29.8 Å². The SMILES string of the molecule is CO[C@]1(COc2cccc(Cl)c2)COCCN(Cc2ccc(OCCCn3ccnc3C)cc2)C1. The first kappa shape index (κ1) is 25.5. The van der Waals surface area contributed by atoms with Crippen molar-refractivity contribution in [3.8, 4) is 11.5 Å². The van der Waals surface area contributed by atoms with Crippen molar-refractivity contribution in [2.24, 2.45) is 0 Å². The molecule has 1 aliphatic heterocycles. The lowest BCUT2D eigenvalue weighted by atomic mass is 10.1. The molecule has 2 aromatic carbocycles. The first-order chi connectivity index (χ1) is 17.0. The van der Waals surface area contributed by atoms with Crippen LogP contribution in [0.1, 0.15) is 17.8 Å². The van der Waals surface area contributed by atoms with Crippen molar-refractivity contribution < 1.29 is 18.9 Å². The highest BCUT2D eigenvalue weighted by Crippen LogP contribution is 2.23. The Morgan fingerprint density at radius 2 is 1.97 bits per heavy atom. The van der Waals surface area contributed by atoms with E-state index in [1.807, 2.05) is 55.7 Å². The second-order valence-corrected chi connectivity index (χ2v) is 9.35. The molecule has 3 aromatic rings. The third-order valence-electron chi connectivity index (χ3n) is 6.22. The summed E-state index contributed by atoms with van der Waals surface area (Å²) in [7, 11) is 1.72. The molecule has 0 saturated carbocycles. The van der Waals surface area contributed by atoms with Crippen molar-refractivity contribution in [1.29, 1.82) is 0 Å². The van der Waals surface area contributed by atoms with E-state index in [0.29, 0.717) is 38.0 Å². The maximum atomic E-state index is 6.09. The third kappa shape index (κ3) is 7.45. The van der Waals surface area contributed by atoms with E-state index in [2.05, 4.69) is 26.6 Å². The minimum absolute atomic E-state index is 0.381. The van der Waals surface area contributed by atoms with Gasteiger partial charge in [-0.05, 0) is 49.2 Å². The Balaban J connectivity index is 1.28. The second-order valence-electron chi connectivity index (χ2n) is 8.91. The van der Waals surface area contributed by atoms with Gasteiger partial charge in [-0.25, -0.2) is 4.98 Å². The number of methoxy groups -OCH3 is 1. The molecule has 0 aliphatic carbocycles. The van der Waals surface area contributed by atoms with Crippen LogP contribution < -0.4 is 9.47 Å². The Morgan fingerprint density at radius 1 is 1.11 bits per heavy atom. The molecule has 1 saturated heterocycles. The van der Waals surface area contributed by atoms with Crippen molar-refractivity contribution in [2.75, 3.05) is 46.6 Å². The number of ether oxygens (including phenoxy) is 4. The number of rotatable bonds is 11. The molecular formula is C27H34ClN3O4. The lowest BCUT2D eigenvalue weighted by molar-refractivity contribution is -0.0925. The van der Waals surface area contributed by atoms with Gasteiger partial charge in [0, 0.05) is 50.7 Å². The van der Waals surface area contributed by atoms with E-state index in [4.69, 9.17) is 30.5 Å². The fourth-order valence-electron chi connectivity index (χ4n) is 4.17. The Bertz CT molecular complexity index is 1060. The Labute approximate surface area is 212 Å². The Morgan fingerprint density at radius 3 is 2.71 bits per heavy atom. The van der Waals surface area contributed by atoms with Crippen LogP contribution in [0.5, 0.6) is 11.5 Å². The largest absolute Gasteiger partial charge is 0.494 e. The minimum atomic E-state index is -0.560. The van der Waals surface area contributed by atoms with Gasteiger partial charge in [0.2, 0.25) is 0 Å². The van der Waals surface area contributed by atoms with Crippen LogP contribution in [-0.4, -0.2) is 66.7 Å². The molecule has 1 aliphatic rings. The number of imidazole rings is 1. The van der Waals surface area contributed by atoms with E-state index < -0.39 is 5.60 Å². The van der Waals surface area contributed by atoms with Gasteiger partial charge in [0.05, 0.1) is 19.8 Å². The number of halogens is 1. The van der Waals surface area contributed by atoms with Crippen LogP contribution in [0.2, 0.25) is 5.02 Å². The quantitative estimate of drug-likeness (QED) is 0.359. The van der Waals surface area contributed by atoms with Gasteiger partial charge in [0.25, 0.3) is 0 Å². The van der Waals surface area contributed by atoms with Crippen LogP contribution in [0.3, 0.4) is 0 Å². The van der Waals surface area contributed by atoms with Crippen molar-refractivity contribution in [3.63, 3.8) is 0 Å². The highest BCUT2D eigenvalue weighted by molar-refractivity contribution is 6.30. The molecule has 188 valence electrons. The van der Waals surface area contributed by atoms with E-state index in [9.17, 15) is 0 Å². The third-order valence-corrected chi connectivity index (χ3v) is 6.46. The molecule has 0 unspecified atom stereocenters. The zero-order chi connectivity index (χ0) is 24.5. The zero-order valence-corrected chi connectivity index (χ0v) is 21.2. The van der Waals surface area contributed by atoms with Gasteiger partial charge >= 0.3 is 0 Å². The summed E-state index contributed by atoms with van der Waals surface area (Å²) in [6.07, 6.45) is 4.76. The smallest absolute Gasteiger partial charge is 0.137 e. The number of aromatic nitrogens is 2. The highest BCUT2D eigenvalue weighted by atomic mass is 35.5. The molecule has 0 spiro atoms. The number of nitrogens with zero attached hydrogens (tertiary/aromatic N) is 3. The fraction of sp³-hybridized carbons (Fsp3) is 0.444. The average molecular weight is 500 g/mol. The summed E-state index contributed by atoms with van der Waals surface area (Å²) in [6.45, 7) is 7.43. The molecule has 35 heavy (non-hydrogen) atoms. The summed E-state index contributed by atoms with van der Waals surface area (Å²) in [4.78, 5) is 6.60. The summed E-state index contributed by atoms with van der Waals surface area (Å²) in [5, 5.41) is 0.647. The molecule has 1 atom stereocenters. The van der Waals surface area contributed by atoms with Gasteiger partial charge < -0.3 is 23.5 Å². The standard InChI is InChI=1S/C27H34ClN3O4/c1-22-29-11-13-31(22)12-4-15-34-25-9-7-23(8-10-25)18-30-14-16-33-20-27(19-30,32-2)21-35-26-6-3-5-24(28)17-26/h3,5-11,13,17H,4,12,14-16,18-21H2,1-2H3/t27-/m0/s1. The van der Waals surface area contributed by atoms with Crippen LogP contribution in [0.25, 0.3) is 0 Å². The molecule has 8 heteroatoms. The lowest BCUT2D eigenvalue weighted by Gasteiger charge is -2.34. The first-order valence-corrected chi connectivity index (χ1v) is 12.4. The summed E-state index contributed by atoms with van der Waals surface area (Å²) in [5.74, 6) is 2.64.